The molecular formula is C13H10FN3O. The molecule has 2 aromatic heterocycles. The molecule has 3 aromatic rings. The number of rotatable bonds is 1. The molecule has 4 nitrogen and oxygen atoms in total. The SMILES string of the molecule is Cn1c(-c2cncc(O)c2)nc2cc(F)ccc21. The number of pyridine rings is 1. The van der Waals surface area contributed by atoms with Crippen molar-refractivity contribution in [3.05, 3.63) is 42.5 Å². The normalized spacial score (nSPS) is 11.0. The van der Waals surface area contributed by atoms with E-state index in [1.807, 2.05) is 11.6 Å². The van der Waals surface area contributed by atoms with Gasteiger partial charge in [0.1, 0.15) is 17.4 Å². The van der Waals surface area contributed by atoms with Gasteiger partial charge in [0.05, 0.1) is 17.2 Å². The third kappa shape index (κ3) is 1.60. The van der Waals surface area contributed by atoms with E-state index in [0.717, 1.165) is 5.52 Å². The van der Waals surface area contributed by atoms with Crippen LogP contribution in [-0.4, -0.2) is 19.6 Å². The first kappa shape index (κ1) is 10.7. The molecule has 0 atom stereocenters. The maximum absolute atomic E-state index is 13.1. The molecule has 0 radical (unpaired) electrons. The van der Waals surface area contributed by atoms with E-state index in [0.29, 0.717) is 16.9 Å². The molecule has 5 heteroatoms. The van der Waals surface area contributed by atoms with E-state index in [2.05, 4.69) is 9.97 Å². The molecule has 0 aliphatic heterocycles. The molecule has 1 N–H and O–H groups in total. The zero-order valence-corrected chi connectivity index (χ0v) is 9.63. The third-order valence-electron chi connectivity index (χ3n) is 2.82. The zero-order chi connectivity index (χ0) is 12.7. The number of benzene rings is 1. The second kappa shape index (κ2) is 3.80. The van der Waals surface area contributed by atoms with Crippen LogP contribution in [0.2, 0.25) is 0 Å². The highest BCUT2D eigenvalue weighted by atomic mass is 19.1. The van der Waals surface area contributed by atoms with E-state index >= 15 is 0 Å². The summed E-state index contributed by atoms with van der Waals surface area (Å²) < 4.78 is 15.0. The van der Waals surface area contributed by atoms with Crippen LogP contribution in [0.15, 0.2) is 36.7 Å². The number of imidazole rings is 1. The van der Waals surface area contributed by atoms with E-state index in [1.54, 1.807) is 18.3 Å². The van der Waals surface area contributed by atoms with E-state index in [4.69, 9.17) is 0 Å². The molecule has 0 amide bonds. The molecule has 0 bridgehead atoms. The van der Waals surface area contributed by atoms with Crippen LogP contribution in [0, 0.1) is 5.82 Å². The largest absolute Gasteiger partial charge is 0.506 e. The second-order valence-electron chi connectivity index (χ2n) is 4.06. The molecule has 0 spiro atoms. The lowest BCUT2D eigenvalue weighted by atomic mass is 10.2. The molecule has 0 saturated carbocycles. The highest BCUT2D eigenvalue weighted by Crippen LogP contribution is 2.25. The number of aryl methyl sites for hydroxylation is 1. The molecule has 0 saturated heterocycles. The molecular weight excluding hydrogens is 233 g/mol. The fourth-order valence-corrected chi connectivity index (χ4v) is 1.98. The van der Waals surface area contributed by atoms with Crippen LogP contribution >= 0.6 is 0 Å². The summed E-state index contributed by atoms with van der Waals surface area (Å²) in [5, 5.41) is 9.42. The van der Waals surface area contributed by atoms with Gasteiger partial charge in [-0.1, -0.05) is 0 Å². The lowest BCUT2D eigenvalue weighted by molar-refractivity contribution is 0.473. The monoisotopic (exact) mass is 243 g/mol. The summed E-state index contributed by atoms with van der Waals surface area (Å²) in [6, 6.07) is 6.03. The van der Waals surface area contributed by atoms with Crippen LogP contribution in [0.25, 0.3) is 22.4 Å². The summed E-state index contributed by atoms with van der Waals surface area (Å²) in [6.45, 7) is 0. The first-order chi connectivity index (χ1) is 8.65. The fraction of sp³-hybridized carbons (Fsp3) is 0.0769. The summed E-state index contributed by atoms with van der Waals surface area (Å²) in [6.07, 6.45) is 2.96. The standard InChI is InChI=1S/C13H10FN3O/c1-17-12-3-2-9(14)5-11(12)16-13(17)8-4-10(18)7-15-6-8/h2-7,18H,1H3. The lowest BCUT2D eigenvalue weighted by Gasteiger charge is -2.02. The Morgan fingerprint density at radius 3 is 2.83 bits per heavy atom. The Morgan fingerprint density at radius 1 is 1.22 bits per heavy atom. The van der Waals surface area contributed by atoms with Crippen molar-refractivity contribution in [3.63, 3.8) is 0 Å². The van der Waals surface area contributed by atoms with E-state index < -0.39 is 0 Å². The Hall–Kier alpha value is -2.43. The molecule has 0 unspecified atom stereocenters. The van der Waals surface area contributed by atoms with Crippen LogP contribution in [-0.2, 0) is 7.05 Å². The number of hydrogen-bond donors (Lipinski definition) is 1. The number of fused-ring (bicyclic) bond motifs is 1. The number of aromatic nitrogens is 3. The highest BCUT2D eigenvalue weighted by Gasteiger charge is 2.11. The Labute approximate surface area is 102 Å². The third-order valence-corrected chi connectivity index (χ3v) is 2.82. The average molecular weight is 243 g/mol. The molecule has 0 aliphatic carbocycles. The summed E-state index contributed by atoms with van der Waals surface area (Å²) in [4.78, 5) is 8.27. The van der Waals surface area contributed by atoms with Crippen molar-refractivity contribution >= 4 is 11.0 Å². The van der Waals surface area contributed by atoms with Crippen molar-refractivity contribution in [2.24, 2.45) is 7.05 Å². The summed E-state index contributed by atoms with van der Waals surface area (Å²) in [5.74, 6) is 0.394. The van der Waals surface area contributed by atoms with Gasteiger partial charge in [0.15, 0.2) is 0 Å². The molecule has 2 heterocycles. The quantitative estimate of drug-likeness (QED) is 0.714. The first-order valence-corrected chi connectivity index (χ1v) is 5.41. The van der Waals surface area contributed by atoms with Gasteiger partial charge in [0.25, 0.3) is 0 Å². The summed E-state index contributed by atoms with van der Waals surface area (Å²) in [7, 11) is 1.84. The Morgan fingerprint density at radius 2 is 2.06 bits per heavy atom. The minimum absolute atomic E-state index is 0.0748. The van der Waals surface area contributed by atoms with Gasteiger partial charge in [-0.25, -0.2) is 9.37 Å². The first-order valence-electron chi connectivity index (χ1n) is 5.41. The van der Waals surface area contributed by atoms with Crippen molar-refractivity contribution in [2.75, 3.05) is 0 Å². The van der Waals surface area contributed by atoms with Crippen LogP contribution < -0.4 is 0 Å². The smallest absolute Gasteiger partial charge is 0.142 e. The van der Waals surface area contributed by atoms with Crippen molar-refractivity contribution in [2.45, 2.75) is 0 Å². The minimum atomic E-state index is -0.318. The van der Waals surface area contributed by atoms with E-state index in [-0.39, 0.29) is 11.6 Å². The van der Waals surface area contributed by atoms with Crippen molar-refractivity contribution in [1.82, 2.24) is 14.5 Å². The predicted molar refractivity (Wildman–Crippen MR) is 65.6 cm³/mol. The molecule has 0 aliphatic rings. The van der Waals surface area contributed by atoms with Gasteiger partial charge < -0.3 is 9.67 Å². The fourth-order valence-electron chi connectivity index (χ4n) is 1.98. The predicted octanol–water partition coefficient (Wildman–Crippen LogP) is 2.48. The van der Waals surface area contributed by atoms with Crippen LogP contribution in [0.5, 0.6) is 5.75 Å². The van der Waals surface area contributed by atoms with Crippen molar-refractivity contribution < 1.29 is 9.50 Å². The van der Waals surface area contributed by atoms with E-state index in [1.165, 1.54) is 18.3 Å². The molecule has 0 fully saturated rings. The maximum Gasteiger partial charge on any atom is 0.142 e. The summed E-state index contributed by atoms with van der Waals surface area (Å²) >= 11 is 0. The van der Waals surface area contributed by atoms with Gasteiger partial charge in [0, 0.05) is 24.9 Å². The molecule has 90 valence electrons. The van der Waals surface area contributed by atoms with Gasteiger partial charge in [-0.05, 0) is 18.2 Å². The lowest BCUT2D eigenvalue weighted by Crippen LogP contribution is -1.92. The number of nitrogens with zero attached hydrogens (tertiary/aromatic N) is 3. The maximum atomic E-state index is 13.1. The van der Waals surface area contributed by atoms with Crippen LogP contribution in [0.1, 0.15) is 0 Å². The zero-order valence-electron chi connectivity index (χ0n) is 9.63. The average Bonchev–Trinajstić information content (AvgIpc) is 2.66. The van der Waals surface area contributed by atoms with E-state index in [9.17, 15) is 9.50 Å². The Bertz CT molecular complexity index is 736. The van der Waals surface area contributed by atoms with Gasteiger partial charge in [-0.15, -0.1) is 0 Å². The topological polar surface area (TPSA) is 50.9 Å². The highest BCUT2D eigenvalue weighted by molar-refractivity contribution is 5.80. The molecule has 3 rings (SSSR count). The molecule has 18 heavy (non-hydrogen) atoms. The number of halogens is 1. The minimum Gasteiger partial charge on any atom is -0.506 e. The molecule has 1 aromatic carbocycles. The van der Waals surface area contributed by atoms with Gasteiger partial charge in [-0.2, -0.15) is 0 Å². The number of hydrogen-bond acceptors (Lipinski definition) is 3. The van der Waals surface area contributed by atoms with Gasteiger partial charge >= 0.3 is 0 Å². The Kier molecular flexibility index (Phi) is 2.26. The Balaban J connectivity index is 2.27. The van der Waals surface area contributed by atoms with Crippen molar-refractivity contribution in [3.8, 4) is 17.1 Å². The van der Waals surface area contributed by atoms with Crippen LogP contribution in [0.3, 0.4) is 0 Å². The number of aromatic hydroxyl groups is 1. The van der Waals surface area contributed by atoms with Crippen LogP contribution in [0.4, 0.5) is 4.39 Å². The van der Waals surface area contributed by atoms with Crippen molar-refractivity contribution in [1.29, 1.82) is 0 Å². The second-order valence-corrected chi connectivity index (χ2v) is 4.06. The van der Waals surface area contributed by atoms with Gasteiger partial charge in [-0.3, -0.25) is 4.98 Å². The summed E-state index contributed by atoms with van der Waals surface area (Å²) in [5.41, 5.74) is 2.10. The van der Waals surface area contributed by atoms with Gasteiger partial charge in [0.2, 0.25) is 0 Å².